The fourth-order valence-corrected chi connectivity index (χ4v) is 1.47. The third kappa shape index (κ3) is 5.06. The molecule has 0 spiro atoms. The highest BCUT2D eigenvalue weighted by Crippen LogP contribution is 2.26. The van der Waals surface area contributed by atoms with E-state index in [2.05, 4.69) is 5.32 Å². The van der Waals surface area contributed by atoms with Crippen LogP contribution in [0.15, 0.2) is 18.2 Å². The molecule has 0 aliphatic carbocycles. The highest BCUT2D eigenvalue weighted by atomic mass is 35.5. The number of hydrogen-bond donors (Lipinski definition) is 2. The van der Waals surface area contributed by atoms with E-state index in [0.717, 1.165) is 0 Å². The van der Waals surface area contributed by atoms with Crippen molar-refractivity contribution in [1.29, 1.82) is 0 Å². The summed E-state index contributed by atoms with van der Waals surface area (Å²) in [5.41, 5.74) is 0.578. The van der Waals surface area contributed by atoms with Crippen LogP contribution in [0, 0.1) is 0 Å². The Bertz CT molecular complexity index is 382. The molecule has 1 rings (SSSR count). The van der Waals surface area contributed by atoms with E-state index in [9.17, 15) is 9.90 Å². The molecule has 0 atom stereocenters. The monoisotopic (exact) mass is 257 g/mol. The van der Waals surface area contributed by atoms with E-state index in [-0.39, 0.29) is 16.7 Å². The molecule has 0 radical (unpaired) electrons. The average molecular weight is 258 g/mol. The van der Waals surface area contributed by atoms with Crippen molar-refractivity contribution in [2.45, 2.75) is 19.8 Å². The Hall–Kier alpha value is -1.26. The number of hydrogen-bond acceptors (Lipinski definition) is 3. The van der Waals surface area contributed by atoms with Crippen LogP contribution in [0.3, 0.4) is 0 Å². The van der Waals surface area contributed by atoms with E-state index in [1.54, 1.807) is 6.07 Å². The number of benzene rings is 1. The minimum Gasteiger partial charge on any atom is -0.506 e. The molecule has 0 unspecified atom stereocenters. The van der Waals surface area contributed by atoms with Crippen LogP contribution in [-0.2, 0) is 9.53 Å². The van der Waals surface area contributed by atoms with Gasteiger partial charge < -0.3 is 15.2 Å². The van der Waals surface area contributed by atoms with Crippen LogP contribution >= 0.6 is 11.6 Å². The lowest BCUT2D eigenvalue weighted by Crippen LogP contribution is -2.12. The molecule has 5 heteroatoms. The number of halogens is 1. The Kier molecular flexibility index (Phi) is 5.80. The van der Waals surface area contributed by atoms with Gasteiger partial charge >= 0.3 is 0 Å². The summed E-state index contributed by atoms with van der Waals surface area (Å²) in [6.45, 7) is 3.16. The molecule has 0 fully saturated rings. The van der Waals surface area contributed by atoms with Gasteiger partial charge in [-0.3, -0.25) is 4.79 Å². The molecule has 0 saturated heterocycles. The molecule has 17 heavy (non-hydrogen) atoms. The van der Waals surface area contributed by atoms with Gasteiger partial charge in [-0.05, 0) is 31.5 Å². The van der Waals surface area contributed by atoms with Gasteiger partial charge in [0, 0.05) is 25.3 Å². The first-order chi connectivity index (χ1) is 8.13. The van der Waals surface area contributed by atoms with Crippen molar-refractivity contribution in [2.75, 3.05) is 18.5 Å². The van der Waals surface area contributed by atoms with Crippen LogP contribution in [-0.4, -0.2) is 24.2 Å². The number of rotatable bonds is 6. The number of nitrogens with one attached hydrogen (secondary N) is 1. The normalized spacial score (nSPS) is 10.2. The first-order valence-corrected chi connectivity index (χ1v) is 5.87. The first-order valence-electron chi connectivity index (χ1n) is 5.49. The van der Waals surface area contributed by atoms with Gasteiger partial charge in [0.1, 0.15) is 5.75 Å². The molecule has 0 bridgehead atoms. The maximum absolute atomic E-state index is 11.5. The number of carbonyl (C=O) groups excluding carboxylic acids is 1. The van der Waals surface area contributed by atoms with Crippen molar-refractivity contribution >= 4 is 23.2 Å². The second-order valence-corrected chi connectivity index (χ2v) is 3.92. The van der Waals surface area contributed by atoms with Crippen LogP contribution in [0.2, 0.25) is 5.02 Å². The standard InChI is InChI=1S/C12H16ClNO3/c1-2-17-7-3-4-12(16)14-9-5-6-11(15)10(13)8-9/h5-6,8,15H,2-4,7H2,1H3,(H,14,16). The molecule has 0 aromatic heterocycles. The minimum absolute atomic E-state index is 0.000937. The van der Waals surface area contributed by atoms with Crippen molar-refractivity contribution in [1.82, 2.24) is 0 Å². The number of aromatic hydroxyl groups is 1. The largest absolute Gasteiger partial charge is 0.506 e. The van der Waals surface area contributed by atoms with Crippen molar-refractivity contribution in [3.63, 3.8) is 0 Å². The summed E-state index contributed by atoms with van der Waals surface area (Å²) in [5.74, 6) is -0.0903. The molecular formula is C12H16ClNO3. The van der Waals surface area contributed by atoms with E-state index in [0.29, 0.717) is 31.7 Å². The molecular weight excluding hydrogens is 242 g/mol. The third-order valence-electron chi connectivity index (χ3n) is 2.13. The van der Waals surface area contributed by atoms with Crippen molar-refractivity contribution in [3.05, 3.63) is 23.2 Å². The number of amides is 1. The molecule has 1 aromatic rings. The van der Waals surface area contributed by atoms with Crippen LogP contribution < -0.4 is 5.32 Å². The smallest absolute Gasteiger partial charge is 0.224 e. The SMILES string of the molecule is CCOCCCC(=O)Nc1ccc(O)c(Cl)c1. The third-order valence-corrected chi connectivity index (χ3v) is 2.43. The summed E-state index contributed by atoms with van der Waals surface area (Å²) in [7, 11) is 0. The number of carbonyl (C=O) groups is 1. The summed E-state index contributed by atoms with van der Waals surface area (Å²) in [4.78, 5) is 11.5. The Morgan fingerprint density at radius 2 is 2.29 bits per heavy atom. The van der Waals surface area contributed by atoms with Crippen LogP contribution in [0.25, 0.3) is 0 Å². The second-order valence-electron chi connectivity index (χ2n) is 3.51. The van der Waals surface area contributed by atoms with Gasteiger partial charge in [-0.25, -0.2) is 0 Å². The van der Waals surface area contributed by atoms with E-state index in [1.165, 1.54) is 12.1 Å². The lowest BCUT2D eigenvalue weighted by atomic mass is 10.2. The predicted octanol–water partition coefficient (Wildman–Crippen LogP) is 2.80. The number of phenols is 1. The quantitative estimate of drug-likeness (QED) is 0.609. The second kappa shape index (κ2) is 7.14. The van der Waals surface area contributed by atoms with Crippen molar-refractivity contribution < 1.29 is 14.6 Å². The first kappa shape index (κ1) is 13.8. The zero-order chi connectivity index (χ0) is 12.7. The topological polar surface area (TPSA) is 58.6 Å². The maximum atomic E-state index is 11.5. The van der Waals surface area contributed by atoms with E-state index >= 15 is 0 Å². The fraction of sp³-hybridized carbons (Fsp3) is 0.417. The molecule has 0 heterocycles. The molecule has 4 nitrogen and oxygen atoms in total. The summed E-state index contributed by atoms with van der Waals surface area (Å²) < 4.78 is 5.13. The maximum Gasteiger partial charge on any atom is 0.224 e. The Balaban J connectivity index is 2.37. The molecule has 2 N–H and O–H groups in total. The van der Waals surface area contributed by atoms with Gasteiger partial charge in [-0.15, -0.1) is 0 Å². The minimum atomic E-state index is -0.0912. The zero-order valence-corrected chi connectivity index (χ0v) is 10.5. The van der Waals surface area contributed by atoms with Gasteiger partial charge in [0.15, 0.2) is 0 Å². The van der Waals surface area contributed by atoms with Crippen LogP contribution in [0.1, 0.15) is 19.8 Å². The molecule has 0 aliphatic heterocycles. The van der Waals surface area contributed by atoms with Gasteiger partial charge in [-0.2, -0.15) is 0 Å². The molecule has 0 aliphatic rings. The van der Waals surface area contributed by atoms with Crippen LogP contribution in [0.5, 0.6) is 5.75 Å². The van der Waals surface area contributed by atoms with Crippen LogP contribution in [0.4, 0.5) is 5.69 Å². The van der Waals surface area contributed by atoms with Gasteiger partial charge in [0.25, 0.3) is 0 Å². The molecule has 0 saturated carbocycles. The van der Waals surface area contributed by atoms with E-state index in [1.807, 2.05) is 6.92 Å². The number of phenolic OH excluding ortho intramolecular Hbond substituents is 1. The molecule has 1 amide bonds. The van der Waals surface area contributed by atoms with Gasteiger partial charge in [0.2, 0.25) is 5.91 Å². The zero-order valence-electron chi connectivity index (χ0n) is 9.70. The van der Waals surface area contributed by atoms with Gasteiger partial charge in [-0.1, -0.05) is 11.6 Å². The lowest BCUT2D eigenvalue weighted by molar-refractivity contribution is -0.116. The lowest BCUT2D eigenvalue weighted by Gasteiger charge is -2.06. The summed E-state index contributed by atoms with van der Waals surface area (Å²) >= 11 is 5.72. The molecule has 1 aromatic carbocycles. The van der Waals surface area contributed by atoms with Gasteiger partial charge in [0.05, 0.1) is 5.02 Å². The number of ether oxygens (including phenoxy) is 1. The van der Waals surface area contributed by atoms with E-state index < -0.39 is 0 Å². The Labute approximate surface area is 106 Å². The Morgan fingerprint density at radius 1 is 1.53 bits per heavy atom. The molecule has 94 valence electrons. The summed E-state index contributed by atoms with van der Waals surface area (Å²) in [6, 6.07) is 4.55. The highest BCUT2D eigenvalue weighted by Gasteiger charge is 2.04. The average Bonchev–Trinajstić information content (AvgIpc) is 2.30. The van der Waals surface area contributed by atoms with E-state index in [4.69, 9.17) is 16.3 Å². The summed E-state index contributed by atoms with van der Waals surface area (Å²) in [6.07, 6.45) is 1.09. The highest BCUT2D eigenvalue weighted by molar-refractivity contribution is 6.32. The fourth-order valence-electron chi connectivity index (χ4n) is 1.29. The number of anilines is 1. The van der Waals surface area contributed by atoms with Crippen molar-refractivity contribution in [2.24, 2.45) is 0 Å². The van der Waals surface area contributed by atoms with Crippen molar-refractivity contribution in [3.8, 4) is 5.75 Å². The summed E-state index contributed by atoms with van der Waals surface area (Å²) in [5, 5.41) is 12.1. The predicted molar refractivity (Wildman–Crippen MR) is 67.5 cm³/mol. The Morgan fingerprint density at radius 3 is 2.94 bits per heavy atom.